The molecule has 0 bridgehead atoms. The van der Waals surface area contributed by atoms with Crippen LogP contribution in [-0.4, -0.2) is 20.1 Å². The van der Waals surface area contributed by atoms with Gasteiger partial charge in [-0.15, -0.1) is 0 Å². The molecule has 0 aliphatic heterocycles. The summed E-state index contributed by atoms with van der Waals surface area (Å²) in [6.07, 6.45) is 3.13. The summed E-state index contributed by atoms with van der Waals surface area (Å²) in [6.45, 7) is 0. The number of nitrogens with one attached hydrogen (secondary N) is 1. The molecule has 1 N–H and O–H groups in total. The first-order valence-electron chi connectivity index (χ1n) is 6.49. The second kappa shape index (κ2) is 7.14. The van der Waals surface area contributed by atoms with Crippen molar-refractivity contribution in [1.82, 2.24) is 0 Å². The molecule has 0 heterocycles. The van der Waals surface area contributed by atoms with Gasteiger partial charge in [-0.2, -0.15) is 0 Å². The molecule has 0 aliphatic rings. The Morgan fingerprint density at radius 3 is 2.14 bits per heavy atom. The smallest absolute Gasteiger partial charge is 0.248 e. The largest absolute Gasteiger partial charge is 0.496 e. The van der Waals surface area contributed by atoms with Crippen molar-refractivity contribution in [3.05, 3.63) is 60.2 Å². The van der Waals surface area contributed by atoms with E-state index in [-0.39, 0.29) is 5.91 Å². The highest BCUT2D eigenvalue weighted by molar-refractivity contribution is 6.02. The number of hydrogen-bond donors (Lipinski definition) is 1. The fourth-order valence-corrected chi connectivity index (χ4v) is 1.91. The maximum Gasteiger partial charge on any atom is 0.248 e. The molecule has 0 saturated carbocycles. The van der Waals surface area contributed by atoms with E-state index in [1.165, 1.54) is 6.08 Å². The molecule has 2 aromatic carbocycles. The van der Waals surface area contributed by atoms with Crippen molar-refractivity contribution < 1.29 is 14.3 Å². The third kappa shape index (κ3) is 3.86. The van der Waals surface area contributed by atoms with E-state index in [4.69, 9.17) is 9.47 Å². The van der Waals surface area contributed by atoms with Gasteiger partial charge in [-0.1, -0.05) is 24.3 Å². The van der Waals surface area contributed by atoms with Crippen LogP contribution in [0.2, 0.25) is 0 Å². The fourth-order valence-electron chi connectivity index (χ4n) is 1.91. The van der Waals surface area contributed by atoms with Crippen LogP contribution in [0.25, 0.3) is 6.08 Å². The van der Waals surface area contributed by atoms with E-state index in [0.717, 1.165) is 11.3 Å². The van der Waals surface area contributed by atoms with Gasteiger partial charge in [0, 0.05) is 11.8 Å². The highest BCUT2D eigenvalue weighted by atomic mass is 16.5. The number of ether oxygens (including phenoxy) is 2. The molecule has 0 aliphatic carbocycles. The summed E-state index contributed by atoms with van der Waals surface area (Å²) in [5.74, 6) is 1.09. The lowest BCUT2D eigenvalue weighted by Gasteiger charge is -2.09. The van der Waals surface area contributed by atoms with Crippen LogP contribution in [-0.2, 0) is 4.79 Å². The molecule has 0 unspecified atom stereocenters. The Labute approximate surface area is 124 Å². The Bertz CT molecular complexity index is 613. The number of rotatable bonds is 5. The molecule has 2 rings (SSSR count). The highest BCUT2D eigenvalue weighted by Gasteiger charge is 2.07. The van der Waals surface area contributed by atoms with Gasteiger partial charge >= 0.3 is 0 Å². The molecule has 0 spiro atoms. The number of amides is 1. The molecule has 1 amide bonds. The van der Waals surface area contributed by atoms with Crippen LogP contribution in [0, 0.1) is 0 Å². The molecule has 0 fully saturated rings. The van der Waals surface area contributed by atoms with Crippen LogP contribution in [0.5, 0.6) is 11.5 Å². The Morgan fingerprint density at radius 1 is 0.952 bits per heavy atom. The van der Waals surface area contributed by atoms with Gasteiger partial charge in [0.1, 0.15) is 11.5 Å². The Hall–Kier alpha value is -2.75. The van der Waals surface area contributed by atoms with Crippen molar-refractivity contribution in [3.8, 4) is 11.5 Å². The number of carbonyl (C=O) groups excluding carboxylic acids is 1. The predicted molar refractivity (Wildman–Crippen MR) is 83.7 cm³/mol. The average molecular weight is 283 g/mol. The van der Waals surface area contributed by atoms with Gasteiger partial charge in [-0.3, -0.25) is 4.79 Å². The summed E-state index contributed by atoms with van der Waals surface area (Å²) in [4.78, 5) is 11.9. The zero-order valence-electron chi connectivity index (χ0n) is 12.0. The molecule has 0 aromatic heterocycles. The highest BCUT2D eigenvalue weighted by Crippen LogP contribution is 2.29. The zero-order chi connectivity index (χ0) is 15.1. The van der Waals surface area contributed by atoms with Crippen LogP contribution in [0.3, 0.4) is 0 Å². The molecule has 4 heteroatoms. The van der Waals surface area contributed by atoms with E-state index in [2.05, 4.69) is 5.32 Å². The summed E-state index contributed by atoms with van der Waals surface area (Å²) in [5.41, 5.74) is 1.48. The van der Waals surface area contributed by atoms with E-state index in [1.807, 2.05) is 48.5 Å². The maximum atomic E-state index is 11.9. The number of carbonyl (C=O) groups is 1. The monoisotopic (exact) mass is 283 g/mol. The standard InChI is InChI=1S/C17H17NO3/c1-20-15-9-6-10-16(21-2)14(15)11-12-17(19)18-13-7-4-3-5-8-13/h3-12H,1-2H3,(H,18,19)/b12-11+. The van der Waals surface area contributed by atoms with Crippen molar-refractivity contribution in [2.75, 3.05) is 19.5 Å². The first-order chi connectivity index (χ1) is 10.2. The Kier molecular flexibility index (Phi) is 4.99. The van der Waals surface area contributed by atoms with Gasteiger partial charge in [0.05, 0.1) is 19.8 Å². The van der Waals surface area contributed by atoms with Crippen LogP contribution >= 0.6 is 0 Å². The maximum absolute atomic E-state index is 11.9. The van der Waals surface area contributed by atoms with Crippen molar-refractivity contribution >= 4 is 17.7 Å². The van der Waals surface area contributed by atoms with Crippen LogP contribution in [0.1, 0.15) is 5.56 Å². The van der Waals surface area contributed by atoms with Gasteiger partial charge in [-0.05, 0) is 30.3 Å². The summed E-state index contributed by atoms with van der Waals surface area (Å²) in [7, 11) is 3.16. The van der Waals surface area contributed by atoms with Crippen LogP contribution in [0.4, 0.5) is 5.69 Å². The minimum absolute atomic E-state index is 0.214. The lowest BCUT2D eigenvalue weighted by atomic mass is 10.1. The lowest BCUT2D eigenvalue weighted by Crippen LogP contribution is -2.07. The molecule has 0 atom stereocenters. The summed E-state index contributed by atoms with van der Waals surface area (Å²) in [5, 5.41) is 2.78. The first-order valence-corrected chi connectivity index (χ1v) is 6.49. The van der Waals surface area contributed by atoms with Gasteiger partial charge in [-0.25, -0.2) is 0 Å². The van der Waals surface area contributed by atoms with E-state index >= 15 is 0 Å². The van der Waals surface area contributed by atoms with Crippen molar-refractivity contribution in [2.45, 2.75) is 0 Å². The SMILES string of the molecule is COc1cccc(OC)c1/C=C/C(=O)Nc1ccccc1. The first kappa shape index (κ1) is 14.7. The lowest BCUT2D eigenvalue weighted by molar-refractivity contribution is -0.111. The Morgan fingerprint density at radius 2 is 1.57 bits per heavy atom. The number of hydrogen-bond acceptors (Lipinski definition) is 3. The summed E-state index contributed by atoms with van der Waals surface area (Å²) < 4.78 is 10.6. The molecule has 4 nitrogen and oxygen atoms in total. The van der Waals surface area contributed by atoms with Gasteiger partial charge in [0.25, 0.3) is 0 Å². The van der Waals surface area contributed by atoms with Crippen molar-refractivity contribution in [3.63, 3.8) is 0 Å². The fraction of sp³-hybridized carbons (Fsp3) is 0.118. The van der Waals surface area contributed by atoms with Crippen molar-refractivity contribution in [1.29, 1.82) is 0 Å². The molecule has 0 saturated heterocycles. The molecular weight excluding hydrogens is 266 g/mol. The van der Waals surface area contributed by atoms with Gasteiger partial charge in [0.2, 0.25) is 5.91 Å². The normalized spacial score (nSPS) is 10.4. The molecule has 2 aromatic rings. The molecule has 108 valence electrons. The predicted octanol–water partition coefficient (Wildman–Crippen LogP) is 3.36. The zero-order valence-corrected chi connectivity index (χ0v) is 12.0. The second-order valence-corrected chi connectivity index (χ2v) is 4.26. The number of benzene rings is 2. The molecule has 21 heavy (non-hydrogen) atoms. The van der Waals surface area contributed by atoms with E-state index in [0.29, 0.717) is 11.5 Å². The third-order valence-corrected chi connectivity index (χ3v) is 2.91. The average Bonchev–Trinajstić information content (AvgIpc) is 2.53. The van der Waals surface area contributed by atoms with Crippen molar-refractivity contribution in [2.24, 2.45) is 0 Å². The summed E-state index contributed by atoms with van der Waals surface area (Å²) >= 11 is 0. The van der Waals surface area contributed by atoms with Gasteiger partial charge < -0.3 is 14.8 Å². The number of anilines is 1. The number of para-hydroxylation sites is 1. The van der Waals surface area contributed by atoms with E-state index in [9.17, 15) is 4.79 Å². The quantitative estimate of drug-likeness (QED) is 0.856. The van der Waals surface area contributed by atoms with E-state index in [1.54, 1.807) is 20.3 Å². The minimum Gasteiger partial charge on any atom is -0.496 e. The van der Waals surface area contributed by atoms with E-state index < -0.39 is 0 Å². The second-order valence-electron chi connectivity index (χ2n) is 4.26. The summed E-state index contributed by atoms with van der Waals surface area (Å²) in [6, 6.07) is 14.7. The number of methoxy groups -OCH3 is 2. The molecule has 0 radical (unpaired) electrons. The topological polar surface area (TPSA) is 47.6 Å². The minimum atomic E-state index is -0.214. The van der Waals surface area contributed by atoms with Crippen LogP contribution in [0.15, 0.2) is 54.6 Å². The third-order valence-electron chi connectivity index (χ3n) is 2.91. The van der Waals surface area contributed by atoms with Gasteiger partial charge in [0.15, 0.2) is 0 Å². The molecular formula is C17H17NO3. The van der Waals surface area contributed by atoms with Crippen LogP contribution < -0.4 is 14.8 Å². The Balaban J connectivity index is 2.15.